The lowest BCUT2D eigenvalue weighted by molar-refractivity contribution is -0.126. The fourth-order valence-electron chi connectivity index (χ4n) is 2.48. The van der Waals surface area contributed by atoms with Gasteiger partial charge in [-0.1, -0.05) is 32.0 Å². The molecule has 1 aromatic carbocycles. The van der Waals surface area contributed by atoms with Gasteiger partial charge in [0.25, 0.3) is 0 Å². The number of likely N-dealkylation sites (N-methyl/N-ethyl adjacent to an activating group) is 1. The monoisotopic (exact) mass is 405 g/mol. The second-order valence-electron chi connectivity index (χ2n) is 6.21. The van der Waals surface area contributed by atoms with E-state index in [9.17, 15) is 14.4 Å². The van der Waals surface area contributed by atoms with Gasteiger partial charge >= 0.3 is 6.03 Å². The predicted molar refractivity (Wildman–Crippen MR) is 118 cm³/mol. The van der Waals surface area contributed by atoms with Crippen LogP contribution in [0.15, 0.2) is 30.5 Å². The first-order chi connectivity index (χ1) is 13.8. The van der Waals surface area contributed by atoms with E-state index in [0.717, 1.165) is 0 Å². The summed E-state index contributed by atoms with van der Waals surface area (Å²) < 4.78 is 0. The van der Waals surface area contributed by atoms with Crippen molar-refractivity contribution in [2.45, 2.75) is 46.6 Å². The minimum absolute atomic E-state index is 0.0382. The van der Waals surface area contributed by atoms with Crippen molar-refractivity contribution in [2.24, 2.45) is 5.73 Å². The zero-order chi connectivity index (χ0) is 22.2. The third-order valence-electron chi connectivity index (χ3n) is 3.94. The average Bonchev–Trinajstić information content (AvgIpc) is 3.09. The van der Waals surface area contributed by atoms with Gasteiger partial charge in [0.1, 0.15) is 5.78 Å². The average molecular weight is 406 g/mol. The second-order valence-corrected chi connectivity index (χ2v) is 6.21. The van der Waals surface area contributed by atoms with E-state index in [-0.39, 0.29) is 24.3 Å². The molecule has 1 aromatic heterocycles. The number of hydrogen-bond acceptors (Lipinski definition) is 4. The van der Waals surface area contributed by atoms with Crippen LogP contribution in [-0.2, 0) is 9.59 Å². The Morgan fingerprint density at radius 2 is 1.79 bits per heavy atom. The summed E-state index contributed by atoms with van der Waals surface area (Å²) in [5.74, 6) is -0.314. The zero-order valence-electron chi connectivity index (χ0n) is 18.1. The van der Waals surface area contributed by atoms with Gasteiger partial charge < -0.3 is 26.7 Å². The van der Waals surface area contributed by atoms with E-state index < -0.39 is 6.03 Å². The fraction of sp³-hybridized carbons (Fsp3) is 0.476. The number of para-hydroxylation sites is 1. The Bertz CT molecular complexity index is 758. The SMILES string of the molecule is CC.CNC(CCCNC(N)=O)C(=O)NCC(C)=O.Cc1c[nH]c2ccccc12. The molecule has 1 atom stereocenters. The highest BCUT2D eigenvalue weighted by atomic mass is 16.2. The lowest BCUT2D eigenvalue weighted by Crippen LogP contribution is -2.44. The lowest BCUT2D eigenvalue weighted by atomic mass is 10.1. The molecule has 0 aliphatic carbocycles. The highest BCUT2D eigenvalue weighted by molar-refractivity contribution is 5.87. The summed E-state index contributed by atoms with van der Waals surface area (Å²) in [5, 5.41) is 9.13. The van der Waals surface area contributed by atoms with Crippen molar-refractivity contribution >= 4 is 28.6 Å². The number of Topliss-reactive ketones (excluding diaryl/α,β-unsaturated/α-hetero) is 1. The van der Waals surface area contributed by atoms with E-state index >= 15 is 0 Å². The number of ketones is 1. The maximum Gasteiger partial charge on any atom is 0.312 e. The first-order valence-corrected chi connectivity index (χ1v) is 9.85. The molecule has 2 aromatic rings. The smallest absolute Gasteiger partial charge is 0.312 e. The van der Waals surface area contributed by atoms with E-state index in [0.29, 0.717) is 19.4 Å². The van der Waals surface area contributed by atoms with Crippen LogP contribution in [0.25, 0.3) is 10.9 Å². The third kappa shape index (κ3) is 10.9. The number of benzene rings is 1. The molecule has 0 spiro atoms. The fourth-order valence-corrected chi connectivity index (χ4v) is 2.48. The van der Waals surface area contributed by atoms with E-state index in [4.69, 9.17) is 5.73 Å². The molecule has 0 aliphatic heterocycles. The van der Waals surface area contributed by atoms with Gasteiger partial charge in [-0.3, -0.25) is 9.59 Å². The Balaban J connectivity index is 0.000000546. The van der Waals surface area contributed by atoms with Gasteiger partial charge in [-0.15, -0.1) is 0 Å². The van der Waals surface area contributed by atoms with Gasteiger partial charge in [-0.25, -0.2) is 4.79 Å². The van der Waals surface area contributed by atoms with Crippen molar-refractivity contribution in [3.05, 3.63) is 36.0 Å². The molecule has 2 rings (SSSR count). The summed E-state index contributed by atoms with van der Waals surface area (Å²) in [6.45, 7) is 7.98. The second kappa shape index (κ2) is 15.1. The first-order valence-electron chi connectivity index (χ1n) is 9.85. The molecule has 162 valence electrons. The van der Waals surface area contributed by atoms with Crippen molar-refractivity contribution < 1.29 is 14.4 Å². The van der Waals surface area contributed by atoms with Crippen LogP contribution in [0.4, 0.5) is 4.79 Å². The molecule has 0 saturated heterocycles. The van der Waals surface area contributed by atoms with Crippen LogP contribution in [0.1, 0.15) is 39.2 Å². The van der Waals surface area contributed by atoms with Crippen LogP contribution in [0.3, 0.4) is 0 Å². The van der Waals surface area contributed by atoms with Gasteiger partial charge in [0.2, 0.25) is 5.91 Å². The number of nitrogens with two attached hydrogens (primary N) is 1. The number of aromatic amines is 1. The van der Waals surface area contributed by atoms with Crippen LogP contribution >= 0.6 is 0 Å². The summed E-state index contributed by atoms with van der Waals surface area (Å²) in [4.78, 5) is 35.9. The number of carbonyl (C=O) groups excluding carboxylic acids is 3. The van der Waals surface area contributed by atoms with Crippen LogP contribution in [-0.4, -0.2) is 48.9 Å². The van der Waals surface area contributed by atoms with E-state index in [2.05, 4.69) is 46.1 Å². The molecule has 3 amide bonds. The van der Waals surface area contributed by atoms with E-state index in [1.807, 2.05) is 26.1 Å². The van der Waals surface area contributed by atoms with Gasteiger partial charge in [0, 0.05) is 23.6 Å². The number of aromatic nitrogens is 1. The Morgan fingerprint density at radius 3 is 2.34 bits per heavy atom. The van der Waals surface area contributed by atoms with Crippen LogP contribution < -0.4 is 21.7 Å². The summed E-state index contributed by atoms with van der Waals surface area (Å²) in [6.07, 6.45) is 3.22. The highest BCUT2D eigenvalue weighted by Crippen LogP contribution is 2.15. The number of nitrogens with one attached hydrogen (secondary N) is 4. The normalized spacial score (nSPS) is 10.7. The first kappa shape index (κ1) is 26.1. The molecular weight excluding hydrogens is 370 g/mol. The Hall–Kier alpha value is -2.87. The van der Waals surface area contributed by atoms with Gasteiger partial charge in [-0.2, -0.15) is 0 Å². The molecule has 1 unspecified atom stereocenters. The Kier molecular flexibility index (Phi) is 13.6. The summed E-state index contributed by atoms with van der Waals surface area (Å²) in [6, 6.07) is 7.36. The molecule has 0 radical (unpaired) electrons. The highest BCUT2D eigenvalue weighted by Gasteiger charge is 2.15. The quantitative estimate of drug-likeness (QED) is 0.431. The maximum atomic E-state index is 11.6. The number of urea groups is 1. The number of fused-ring (bicyclic) bond motifs is 1. The van der Waals surface area contributed by atoms with Gasteiger partial charge in [0.05, 0.1) is 12.6 Å². The summed E-state index contributed by atoms with van der Waals surface area (Å²) >= 11 is 0. The number of primary amides is 1. The molecule has 0 aliphatic rings. The molecule has 8 nitrogen and oxygen atoms in total. The van der Waals surface area contributed by atoms with Gasteiger partial charge in [-0.05, 0) is 45.4 Å². The molecule has 6 N–H and O–H groups in total. The number of H-pyrrole nitrogens is 1. The lowest BCUT2D eigenvalue weighted by Gasteiger charge is -2.15. The van der Waals surface area contributed by atoms with Crippen molar-refractivity contribution in [1.29, 1.82) is 0 Å². The molecule has 29 heavy (non-hydrogen) atoms. The van der Waals surface area contributed by atoms with E-state index in [1.54, 1.807) is 7.05 Å². The molecule has 0 fully saturated rings. The predicted octanol–water partition coefficient (Wildman–Crippen LogP) is 2.23. The topological polar surface area (TPSA) is 129 Å². The largest absolute Gasteiger partial charge is 0.361 e. The van der Waals surface area contributed by atoms with Crippen LogP contribution in [0.5, 0.6) is 0 Å². The van der Waals surface area contributed by atoms with E-state index in [1.165, 1.54) is 23.4 Å². The Labute approximate surface area is 173 Å². The zero-order valence-corrected chi connectivity index (χ0v) is 18.1. The number of hydrogen-bond donors (Lipinski definition) is 5. The number of rotatable bonds is 8. The number of carbonyl (C=O) groups is 3. The maximum absolute atomic E-state index is 11.6. The summed E-state index contributed by atoms with van der Waals surface area (Å²) in [7, 11) is 1.67. The molecular formula is C21H35N5O3. The molecule has 8 heteroatoms. The number of aryl methyl sites for hydroxylation is 1. The number of amides is 3. The van der Waals surface area contributed by atoms with Crippen molar-refractivity contribution in [1.82, 2.24) is 20.9 Å². The van der Waals surface area contributed by atoms with Gasteiger partial charge in [0.15, 0.2) is 0 Å². The van der Waals surface area contributed by atoms with Crippen molar-refractivity contribution in [2.75, 3.05) is 20.1 Å². The third-order valence-corrected chi connectivity index (χ3v) is 3.94. The minimum Gasteiger partial charge on any atom is -0.361 e. The van der Waals surface area contributed by atoms with Crippen LogP contribution in [0, 0.1) is 6.92 Å². The van der Waals surface area contributed by atoms with Crippen molar-refractivity contribution in [3.63, 3.8) is 0 Å². The minimum atomic E-state index is -0.577. The van der Waals surface area contributed by atoms with Crippen LogP contribution in [0.2, 0.25) is 0 Å². The summed E-state index contributed by atoms with van der Waals surface area (Å²) in [5.41, 5.74) is 7.44. The molecule has 0 bridgehead atoms. The standard InChI is InChI=1S/C10H20N4O3.C9H9N.C2H6/c1-7(15)6-14-9(16)8(12-2)4-3-5-13-10(11)17;1-7-6-10-9-5-3-2-4-8(7)9;1-2/h8,12H,3-6H2,1-2H3,(H,14,16)(H3,11,13,17);2-6,10H,1H3;1-2H3. The van der Waals surface area contributed by atoms with Crippen molar-refractivity contribution in [3.8, 4) is 0 Å². The molecule has 0 saturated carbocycles. The molecule has 1 heterocycles. The Morgan fingerprint density at radius 1 is 1.14 bits per heavy atom.